The number of imidazole rings is 1. The third kappa shape index (κ3) is 7.39. The average molecular weight is 582 g/mol. The molecule has 224 valence electrons. The zero-order valence-corrected chi connectivity index (χ0v) is 24.4. The van der Waals surface area contributed by atoms with Crippen LogP contribution in [0.3, 0.4) is 0 Å². The van der Waals surface area contributed by atoms with Gasteiger partial charge >= 0.3 is 6.09 Å². The average Bonchev–Trinajstić information content (AvgIpc) is 3.66. The molecule has 0 bridgehead atoms. The van der Waals surface area contributed by atoms with Gasteiger partial charge in [-0.2, -0.15) is 0 Å². The van der Waals surface area contributed by atoms with Crippen molar-refractivity contribution in [3.8, 4) is 0 Å². The molecule has 1 aliphatic rings. The number of pyridine rings is 2. The fraction of sp³-hybridized carbons (Fsp3) is 0.448. The number of aryl methyl sites for hydroxylation is 1. The normalized spacial score (nSPS) is 13.8. The summed E-state index contributed by atoms with van der Waals surface area (Å²) in [6.07, 6.45) is 5.53. The molecule has 0 aromatic carbocycles. The molecule has 0 saturated heterocycles. The van der Waals surface area contributed by atoms with Gasteiger partial charge in [0.2, 0.25) is 5.91 Å². The molecule has 0 aliphatic heterocycles. The highest BCUT2D eigenvalue weighted by atomic mass is 19.1. The van der Waals surface area contributed by atoms with E-state index in [2.05, 4.69) is 20.3 Å². The zero-order valence-electron chi connectivity index (χ0n) is 24.4. The van der Waals surface area contributed by atoms with Gasteiger partial charge in [-0.05, 0) is 63.2 Å². The summed E-state index contributed by atoms with van der Waals surface area (Å²) >= 11 is 0. The van der Waals surface area contributed by atoms with Crippen LogP contribution in [0.2, 0.25) is 0 Å². The summed E-state index contributed by atoms with van der Waals surface area (Å²) in [6.45, 7) is 1.74. The first-order valence-corrected chi connectivity index (χ1v) is 13.7. The summed E-state index contributed by atoms with van der Waals surface area (Å²) in [5.41, 5.74) is 1.53. The van der Waals surface area contributed by atoms with Gasteiger partial charge in [0.15, 0.2) is 11.9 Å². The Morgan fingerprint density at radius 1 is 1.21 bits per heavy atom. The molecule has 12 nitrogen and oxygen atoms in total. The molecule has 13 heteroatoms. The monoisotopic (exact) mass is 581 g/mol. The van der Waals surface area contributed by atoms with Crippen molar-refractivity contribution in [1.82, 2.24) is 29.3 Å². The number of halogens is 1. The topological polar surface area (TPSA) is 143 Å². The number of allylic oxidation sites excluding steroid dienone is 1. The second-order valence-electron chi connectivity index (χ2n) is 10.9. The van der Waals surface area contributed by atoms with Crippen LogP contribution < -0.4 is 10.9 Å². The second kappa shape index (κ2) is 13.0. The van der Waals surface area contributed by atoms with Crippen LogP contribution in [0.25, 0.3) is 11.0 Å². The standard InChI is InChI=1S/C29H36FN7O5/c1-17-10-13-20(32-27(39)22(42-29(41)36(4)5)8-6-7-9-24(38)35(2)3)28(40)37(17)16-23-33-25-19(30)15-31-21(26(25)34-23)14-18-11-12-18/h7,9-10,13,15,18,22H,6,8,11-12,14,16H2,1-5H3,(H,32,39)(H,33,34). The maximum Gasteiger partial charge on any atom is 0.410 e. The molecule has 0 radical (unpaired) electrons. The van der Waals surface area contributed by atoms with Gasteiger partial charge < -0.3 is 29.4 Å². The maximum absolute atomic E-state index is 14.5. The quantitative estimate of drug-likeness (QED) is 0.332. The van der Waals surface area contributed by atoms with E-state index in [1.54, 1.807) is 33.2 Å². The number of hydrogen-bond donors (Lipinski definition) is 2. The molecule has 3 aromatic heterocycles. The minimum atomic E-state index is -1.22. The molecular formula is C29H36FN7O5. The summed E-state index contributed by atoms with van der Waals surface area (Å²) < 4.78 is 21.3. The predicted octanol–water partition coefficient (Wildman–Crippen LogP) is 3.00. The molecule has 3 heterocycles. The maximum atomic E-state index is 14.5. The van der Waals surface area contributed by atoms with Crippen molar-refractivity contribution >= 4 is 34.6 Å². The van der Waals surface area contributed by atoms with Crippen LogP contribution in [0.5, 0.6) is 0 Å². The van der Waals surface area contributed by atoms with Crippen molar-refractivity contribution in [1.29, 1.82) is 0 Å². The Labute approximate surface area is 242 Å². The molecule has 3 amide bonds. The van der Waals surface area contributed by atoms with E-state index < -0.39 is 29.5 Å². The number of fused-ring (bicyclic) bond motifs is 1. The van der Waals surface area contributed by atoms with E-state index in [4.69, 9.17) is 4.74 Å². The van der Waals surface area contributed by atoms with Crippen molar-refractivity contribution in [3.63, 3.8) is 0 Å². The number of aromatic amines is 1. The summed E-state index contributed by atoms with van der Waals surface area (Å²) in [6, 6.07) is 3.14. The minimum absolute atomic E-state index is 0.00904. The number of amides is 3. The Morgan fingerprint density at radius 2 is 1.95 bits per heavy atom. The number of H-pyrrole nitrogens is 1. The first kappa shape index (κ1) is 30.4. The van der Waals surface area contributed by atoms with Crippen molar-refractivity contribution in [3.05, 3.63) is 63.9 Å². The molecular weight excluding hydrogens is 545 g/mol. The molecule has 3 aromatic rings. The van der Waals surface area contributed by atoms with E-state index in [0.717, 1.165) is 25.0 Å². The van der Waals surface area contributed by atoms with Gasteiger partial charge in [-0.1, -0.05) is 6.08 Å². The molecule has 42 heavy (non-hydrogen) atoms. The highest BCUT2D eigenvalue weighted by molar-refractivity contribution is 5.95. The Bertz CT molecular complexity index is 1570. The van der Waals surface area contributed by atoms with Gasteiger partial charge in [-0.25, -0.2) is 14.2 Å². The first-order chi connectivity index (χ1) is 19.9. The number of nitrogens with one attached hydrogen (secondary N) is 2. The van der Waals surface area contributed by atoms with E-state index in [-0.39, 0.29) is 36.5 Å². The second-order valence-corrected chi connectivity index (χ2v) is 10.9. The van der Waals surface area contributed by atoms with Crippen LogP contribution in [0, 0.1) is 18.7 Å². The number of rotatable bonds is 11. The van der Waals surface area contributed by atoms with Gasteiger partial charge in [0.05, 0.1) is 24.0 Å². The third-order valence-corrected chi connectivity index (χ3v) is 6.94. The Morgan fingerprint density at radius 3 is 2.62 bits per heavy atom. The lowest BCUT2D eigenvalue weighted by molar-refractivity contribution is -0.125. The number of anilines is 1. The summed E-state index contributed by atoms with van der Waals surface area (Å²) in [4.78, 5) is 65.0. The van der Waals surface area contributed by atoms with Crippen molar-refractivity contribution in [2.75, 3.05) is 33.5 Å². The lowest BCUT2D eigenvalue weighted by Crippen LogP contribution is -2.38. The Balaban J connectivity index is 1.53. The predicted molar refractivity (Wildman–Crippen MR) is 154 cm³/mol. The molecule has 1 aliphatic carbocycles. The van der Waals surface area contributed by atoms with E-state index in [1.807, 2.05) is 0 Å². The van der Waals surface area contributed by atoms with Gasteiger partial charge in [-0.15, -0.1) is 0 Å². The lowest BCUT2D eigenvalue weighted by atomic mass is 10.1. The molecule has 1 fully saturated rings. The smallest absolute Gasteiger partial charge is 0.410 e. The van der Waals surface area contributed by atoms with E-state index in [0.29, 0.717) is 23.0 Å². The zero-order chi connectivity index (χ0) is 30.6. The van der Waals surface area contributed by atoms with Crippen LogP contribution >= 0.6 is 0 Å². The molecule has 1 saturated carbocycles. The number of aromatic nitrogens is 4. The van der Waals surface area contributed by atoms with Crippen LogP contribution in [-0.4, -0.2) is 81.5 Å². The van der Waals surface area contributed by atoms with Crippen molar-refractivity contribution in [2.45, 2.75) is 51.7 Å². The first-order valence-electron chi connectivity index (χ1n) is 13.7. The summed E-state index contributed by atoms with van der Waals surface area (Å²) in [5.74, 6) is -0.535. The number of nitrogens with zero attached hydrogens (tertiary/aromatic N) is 5. The molecule has 1 unspecified atom stereocenters. The number of carbonyl (C=O) groups excluding carboxylic acids is 3. The van der Waals surface area contributed by atoms with E-state index in [1.165, 1.54) is 46.8 Å². The van der Waals surface area contributed by atoms with Crippen molar-refractivity contribution in [2.24, 2.45) is 5.92 Å². The van der Waals surface area contributed by atoms with Crippen LogP contribution in [0.4, 0.5) is 14.9 Å². The van der Waals surface area contributed by atoms with Crippen LogP contribution in [0.1, 0.15) is 42.9 Å². The largest absolute Gasteiger partial charge is 0.436 e. The van der Waals surface area contributed by atoms with Crippen LogP contribution in [-0.2, 0) is 27.3 Å². The fourth-order valence-electron chi connectivity index (χ4n) is 4.27. The fourth-order valence-corrected chi connectivity index (χ4v) is 4.27. The number of carbonyl (C=O) groups is 3. The Kier molecular flexibility index (Phi) is 9.38. The van der Waals surface area contributed by atoms with Crippen LogP contribution in [0.15, 0.2) is 35.3 Å². The number of hydrogen-bond acceptors (Lipinski definition) is 7. The number of likely N-dealkylation sites (N-methyl/N-ethyl adjacent to an activating group) is 1. The molecule has 1 atom stereocenters. The third-order valence-electron chi connectivity index (χ3n) is 6.94. The highest BCUT2D eigenvalue weighted by Gasteiger charge is 2.26. The van der Waals surface area contributed by atoms with Gasteiger partial charge in [0.1, 0.15) is 17.0 Å². The van der Waals surface area contributed by atoms with Gasteiger partial charge in [-0.3, -0.25) is 19.4 Å². The van der Waals surface area contributed by atoms with Crippen molar-refractivity contribution < 1.29 is 23.5 Å². The van der Waals surface area contributed by atoms with E-state index in [9.17, 15) is 23.6 Å². The van der Waals surface area contributed by atoms with Gasteiger partial charge in [0, 0.05) is 33.9 Å². The summed E-state index contributed by atoms with van der Waals surface area (Å²) in [7, 11) is 6.21. The number of ether oxygens (including phenoxy) is 1. The SMILES string of the molecule is Cc1ccc(NC(=O)C(CCC=CC(=O)N(C)C)OC(=O)N(C)C)c(=O)n1Cc1nc2c(F)cnc(CC3CC3)c2[nH]1. The minimum Gasteiger partial charge on any atom is -0.436 e. The lowest BCUT2D eigenvalue weighted by Gasteiger charge is -2.20. The molecule has 4 rings (SSSR count). The molecule has 2 N–H and O–H groups in total. The highest BCUT2D eigenvalue weighted by Crippen LogP contribution is 2.33. The molecule has 0 spiro atoms. The summed E-state index contributed by atoms with van der Waals surface area (Å²) in [5, 5.41) is 2.58. The van der Waals surface area contributed by atoms with E-state index >= 15 is 0 Å². The Hall–Kier alpha value is -4.55. The van der Waals surface area contributed by atoms with Gasteiger partial charge in [0.25, 0.3) is 11.5 Å².